The summed E-state index contributed by atoms with van der Waals surface area (Å²) in [6, 6.07) is 12.0. The standard InChI is InChI=1S/C22H31NO3/c1-15-7-9-18(10-8-15)20(26-6)14-23(5)22(3,4)13-17-11-16(2)21(25)19(24)12-17/h7-12,20,24-25H,13-14H2,1-6H3. The summed E-state index contributed by atoms with van der Waals surface area (Å²) in [5.41, 5.74) is 3.95. The Morgan fingerprint density at radius 1 is 1.08 bits per heavy atom. The van der Waals surface area contributed by atoms with Crippen molar-refractivity contribution < 1.29 is 14.9 Å². The summed E-state index contributed by atoms with van der Waals surface area (Å²) in [7, 11) is 3.83. The van der Waals surface area contributed by atoms with Crippen LogP contribution >= 0.6 is 0 Å². The molecule has 2 aromatic carbocycles. The van der Waals surface area contributed by atoms with Gasteiger partial charge in [-0.15, -0.1) is 0 Å². The second-order valence-electron chi connectivity index (χ2n) is 7.79. The van der Waals surface area contributed by atoms with Crippen LogP contribution in [0.3, 0.4) is 0 Å². The van der Waals surface area contributed by atoms with E-state index in [4.69, 9.17) is 4.74 Å². The van der Waals surface area contributed by atoms with Crippen LogP contribution < -0.4 is 0 Å². The summed E-state index contributed by atoms with van der Waals surface area (Å²) < 4.78 is 5.73. The molecule has 0 aromatic heterocycles. The predicted molar refractivity (Wildman–Crippen MR) is 106 cm³/mol. The third-order valence-corrected chi connectivity index (χ3v) is 5.18. The molecule has 0 aliphatic rings. The molecule has 0 heterocycles. The number of nitrogens with zero attached hydrogens (tertiary/aromatic N) is 1. The number of likely N-dealkylation sites (N-methyl/N-ethyl adjacent to an activating group) is 1. The zero-order chi connectivity index (χ0) is 19.5. The van der Waals surface area contributed by atoms with Crippen LogP contribution in [0.1, 0.15) is 42.2 Å². The van der Waals surface area contributed by atoms with Gasteiger partial charge in [0.15, 0.2) is 11.5 Å². The van der Waals surface area contributed by atoms with Crippen LogP contribution in [0.25, 0.3) is 0 Å². The average Bonchev–Trinajstić information content (AvgIpc) is 2.57. The number of hydrogen-bond donors (Lipinski definition) is 2. The van der Waals surface area contributed by atoms with E-state index >= 15 is 0 Å². The number of aryl methyl sites for hydroxylation is 2. The highest BCUT2D eigenvalue weighted by molar-refractivity contribution is 5.47. The van der Waals surface area contributed by atoms with Gasteiger partial charge < -0.3 is 14.9 Å². The Kier molecular flexibility index (Phi) is 6.32. The molecule has 2 aromatic rings. The Labute approximate surface area is 157 Å². The van der Waals surface area contributed by atoms with Gasteiger partial charge in [0.1, 0.15) is 0 Å². The number of rotatable bonds is 7. The highest BCUT2D eigenvalue weighted by atomic mass is 16.5. The van der Waals surface area contributed by atoms with Gasteiger partial charge in [-0.25, -0.2) is 0 Å². The van der Waals surface area contributed by atoms with Gasteiger partial charge in [0.25, 0.3) is 0 Å². The van der Waals surface area contributed by atoms with Gasteiger partial charge in [0, 0.05) is 19.2 Å². The summed E-state index contributed by atoms with van der Waals surface area (Å²) in [6.45, 7) is 8.99. The minimum Gasteiger partial charge on any atom is -0.504 e. The molecule has 2 rings (SSSR count). The number of methoxy groups -OCH3 is 1. The van der Waals surface area contributed by atoms with Crippen molar-refractivity contribution in [3.63, 3.8) is 0 Å². The molecule has 0 aliphatic carbocycles. The minimum atomic E-state index is -0.142. The summed E-state index contributed by atoms with van der Waals surface area (Å²) in [5, 5.41) is 19.6. The number of aromatic hydroxyl groups is 2. The summed E-state index contributed by atoms with van der Waals surface area (Å²) in [4.78, 5) is 2.28. The third-order valence-electron chi connectivity index (χ3n) is 5.18. The molecule has 0 spiro atoms. The van der Waals surface area contributed by atoms with Gasteiger partial charge in [-0.3, -0.25) is 4.90 Å². The van der Waals surface area contributed by atoms with Gasteiger partial charge >= 0.3 is 0 Å². The second-order valence-corrected chi connectivity index (χ2v) is 7.79. The molecule has 1 atom stereocenters. The van der Waals surface area contributed by atoms with Crippen molar-refractivity contribution in [2.24, 2.45) is 0 Å². The van der Waals surface area contributed by atoms with Crippen molar-refractivity contribution in [3.05, 3.63) is 58.7 Å². The Bertz CT molecular complexity index is 715. The van der Waals surface area contributed by atoms with E-state index in [2.05, 4.69) is 57.0 Å². The van der Waals surface area contributed by atoms with Crippen molar-refractivity contribution in [2.75, 3.05) is 20.7 Å². The van der Waals surface area contributed by atoms with Gasteiger partial charge in [-0.1, -0.05) is 35.9 Å². The lowest BCUT2D eigenvalue weighted by Crippen LogP contribution is -2.45. The molecule has 0 saturated carbocycles. The fourth-order valence-corrected chi connectivity index (χ4v) is 3.16. The van der Waals surface area contributed by atoms with E-state index in [1.165, 1.54) is 11.1 Å². The van der Waals surface area contributed by atoms with E-state index in [1.54, 1.807) is 20.1 Å². The van der Waals surface area contributed by atoms with Crippen molar-refractivity contribution >= 4 is 0 Å². The lowest BCUT2D eigenvalue weighted by molar-refractivity contribution is 0.0375. The van der Waals surface area contributed by atoms with Crippen LogP contribution in [-0.4, -0.2) is 41.4 Å². The minimum absolute atomic E-state index is 0.00479. The van der Waals surface area contributed by atoms with Gasteiger partial charge in [-0.05, 0) is 63.9 Å². The first kappa shape index (κ1) is 20.3. The molecule has 26 heavy (non-hydrogen) atoms. The first-order chi connectivity index (χ1) is 12.1. The van der Waals surface area contributed by atoms with E-state index in [-0.39, 0.29) is 23.1 Å². The molecule has 0 amide bonds. The number of benzene rings is 2. The van der Waals surface area contributed by atoms with Crippen LogP contribution in [0.5, 0.6) is 11.5 Å². The highest BCUT2D eigenvalue weighted by Crippen LogP contribution is 2.32. The Balaban J connectivity index is 2.13. The molecule has 0 aliphatic heterocycles. The van der Waals surface area contributed by atoms with E-state index in [9.17, 15) is 10.2 Å². The maximum Gasteiger partial charge on any atom is 0.160 e. The van der Waals surface area contributed by atoms with Crippen LogP contribution in [0.2, 0.25) is 0 Å². The number of phenols is 2. The van der Waals surface area contributed by atoms with Crippen LogP contribution in [-0.2, 0) is 11.2 Å². The summed E-state index contributed by atoms with van der Waals surface area (Å²) in [6.07, 6.45) is 0.748. The Morgan fingerprint density at radius 3 is 2.23 bits per heavy atom. The number of hydrogen-bond acceptors (Lipinski definition) is 4. The topological polar surface area (TPSA) is 52.9 Å². The molecule has 0 radical (unpaired) electrons. The molecule has 0 fully saturated rings. The van der Waals surface area contributed by atoms with Crippen molar-refractivity contribution in [1.82, 2.24) is 4.90 Å². The van der Waals surface area contributed by atoms with Crippen LogP contribution in [0.15, 0.2) is 36.4 Å². The average molecular weight is 357 g/mol. The molecular weight excluding hydrogens is 326 g/mol. The molecule has 1 unspecified atom stereocenters. The third kappa shape index (κ3) is 4.77. The zero-order valence-corrected chi connectivity index (χ0v) is 16.7. The van der Waals surface area contributed by atoms with Gasteiger partial charge in [0.2, 0.25) is 0 Å². The van der Waals surface area contributed by atoms with Crippen molar-refractivity contribution in [2.45, 2.75) is 45.8 Å². The largest absolute Gasteiger partial charge is 0.504 e. The summed E-state index contributed by atoms with van der Waals surface area (Å²) in [5.74, 6) is -0.105. The van der Waals surface area contributed by atoms with E-state index in [0.717, 1.165) is 18.5 Å². The van der Waals surface area contributed by atoms with E-state index in [1.807, 2.05) is 6.07 Å². The molecule has 4 nitrogen and oxygen atoms in total. The lowest BCUT2D eigenvalue weighted by Gasteiger charge is -2.38. The smallest absolute Gasteiger partial charge is 0.160 e. The fourth-order valence-electron chi connectivity index (χ4n) is 3.16. The van der Waals surface area contributed by atoms with E-state index < -0.39 is 0 Å². The second kappa shape index (κ2) is 8.11. The van der Waals surface area contributed by atoms with Gasteiger partial charge in [0.05, 0.1) is 6.10 Å². The lowest BCUT2D eigenvalue weighted by atomic mass is 9.91. The molecule has 2 N–H and O–H groups in total. The molecule has 4 heteroatoms. The first-order valence-electron chi connectivity index (χ1n) is 8.96. The predicted octanol–water partition coefficient (Wildman–Crippen LogP) is 4.36. The normalized spacial score (nSPS) is 13.2. The number of ether oxygens (including phenoxy) is 1. The summed E-state index contributed by atoms with van der Waals surface area (Å²) >= 11 is 0. The highest BCUT2D eigenvalue weighted by Gasteiger charge is 2.27. The maximum absolute atomic E-state index is 9.89. The van der Waals surface area contributed by atoms with E-state index in [0.29, 0.717) is 5.56 Å². The monoisotopic (exact) mass is 357 g/mol. The number of phenolic OH excluding ortho intramolecular Hbond substituents is 2. The molecular formula is C22H31NO3. The molecule has 142 valence electrons. The zero-order valence-electron chi connectivity index (χ0n) is 16.7. The van der Waals surface area contributed by atoms with Crippen molar-refractivity contribution in [1.29, 1.82) is 0 Å². The molecule has 0 bridgehead atoms. The van der Waals surface area contributed by atoms with Crippen molar-refractivity contribution in [3.8, 4) is 11.5 Å². The Hall–Kier alpha value is -2.04. The maximum atomic E-state index is 9.89. The SMILES string of the molecule is COC(CN(C)C(C)(C)Cc1cc(C)c(O)c(O)c1)c1ccc(C)cc1. The van der Waals surface area contributed by atoms with Gasteiger partial charge in [-0.2, -0.15) is 0 Å². The first-order valence-corrected chi connectivity index (χ1v) is 8.96. The van der Waals surface area contributed by atoms with Crippen LogP contribution in [0, 0.1) is 13.8 Å². The molecule has 0 saturated heterocycles. The Morgan fingerprint density at radius 2 is 1.69 bits per heavy atom. The fraction of sp³-hybridized carbons (Fsp3) is 0.455. The van der Waals surface area contributed by atoms with Crippen LogP contribution in [0.4, 0.5) is 0 Å². The quantitative estimate of drug-likeness (QED) is 0.723.